The molecule has 17 heavy (non-hydrogen) atoms. The lowest BCUT2D eigenvalue weighted by atomic mass is 9.84. The van der Waals surface area contributed by atoms with Gasteiger partial charge in [0.2, 0.25) is 0 Å². The predicted octanol–water partition coefficient (Wildman–Crippen LogP) is 4.97. The molecule has 0 bridgehead atoms. The van der Waals surface area contributed by atoms with Crippen LogP contribution in [0, 0.1) is 11.7 Å². The fourth-order valence-corrected chi connectivity index (χ4v) is 2.94. The van der Waals surface area contributed by atoms with Crippen molar-refractivity contribution < 1.29 is 4.39 Å². The Morgan fingerprint density at radius 3 is 2.65 bits per heavy atom. The van der Waals surface area contributed by atoms with Gasteiger partial charge in [0.15, 0.2) is 0 Å². The third-order valence-electron chi connectivity index (χ3n) is 3.67. The van der Waals surface area contributed by atoms with Crippen LogP contribution in [0.4, 0.5) is 10.1 Å². The fraction of sp³-hybridized carbons (Fsp3) is 0.571. The van der Waals surface area contributed by atoms with Crippen LogP contribution >= 0.6 is 15.9 Å². The summed E-state index contributed by atoms with van der Waals surface area (Å²) in [6, 6.07) is 5.54. The van der Waals surface area contributed by atoms with E-state index >= 15 is 0 Å². The average molecular weight is 300 g/mol. The highest BCUT2D eigenvalue weighted by Gasteiger charge is 2.20. The Bertz CT molecular complexity index is 374. The molecule has 1 saturated carbocycles. The van der Waals surface area contributed by atoms with Crippen LogP contribution in [-0.4, -0.2) is 6.04 Å². The van der Waals surface area contributed by atoms with E-state index in [0.717, 1.165) is 4.47 Å². The van der Waals surface area contributed by atoms with Gasteiger partial charge < -0.3 is 5.32 Å². The minimum atomic E-state index is -0.179. The summed E-state index contributed by atoms with van der Waals surface area (Å²) in [5, 5.41) is 3.31. The van der Waals surface area contributed by atoms with Crippen molar-refractivity contribution in [3.05, 3.63) is 28.5 Å². The molecular formula is C14H19BrFN. The molecule has 0 amide bonds. The minimum Gasteiger partial charge on any atom is -0.380 e. The average Bonchev–Trinajstić information content (AvgIpc) is 2.34. The molecule has 0 heterocycles. The summed E-state index contributed by atoms with van der Waals surface area (Å²) in [4.78, 5) is 0. The third kappa shape index (κ3) is 3.44. The Kier molecular flexibility index (Phi) is 4.43. The maximum atomic E-state index is 13.7. The molecule has 3 heteroatoms. The summed E-state index contributed by atoms with van der Waals surface area (Å²) in [5.74, 6) is 0.508. The predicted molar refractivity (Wildman–Crippen MR) is 73.8 cm³/mol. The second-order valence-electron chi connectivity index (χ2n) is 4.96. The van der Waals surface area contributed by atoms with Crippen LogP contribution in [-0.2, 0) is 0 Å². The summed E-state index contributed by atoms with van der Waals surface area (Å²) in [5.41, 5.74) is 0.617. The molecule has 0 radical (unpaired) electrons. The molecular weight excluding hydrogens is 281 g/mol. The van der Waals surface area contributed by atoms with Crippen molar-refractivity contribution in [2.75, 3.05) is 5.32 Å². The lowest BCUT2D eigenvalue weighted by Gasteiger charge is -2.29. The van der Waals surface area contributed by atoms with Crippen molar-refractivity contribution in [1.29, 1.82) is 0 Å². The summed E-state index contributed by atoms with van der Waals surface area (Å²) < 4.78 is 14.5. The van der Waals surface area contributed by atoms with E-state index in [-0.39, 0.29) is 5.82 Å². The lowest BCUT2D eigenvalue weighted by Crippen LogP contribution is -2.28. The first kappa shape index (κ1) is 12.9. The number of hydrogen-bond donors (Lipinski definition) is 1. The Hall–Kier alpha value is -0.570. The van der Waals surface area contributed by atoms with E-state index in [4.69, 9.17) is 0 Å². The number of anilines is 1. The first-order valence-electron chi connectivity index (χ1n) is 6.38. The minimum absolute atomic E-state index is 0.179. The molecule has 1 aromatic carbocycles. The zero-order valence-corrected chi connectivity index (χ0v) is 11.8. The van der Waals surface area contributed by atoms with Crippen molar-refractivity contribution >= 4 is 21.6 Å². The normalized spacial score (nSPS) is 19.0. The second kappa shape index (κ2) is 5.85. The highest BCUT2D eigenvalue weighted by atomic mass is 79.9. The Morgan fingerprint density at radius 2 is 2.00 bits per heavy atom. The van der Waals surface area contributed by atoms with E-state index in [0.29, 0.717) is 17.6 Å². The Balaban J connectivity index is 1.99. The van der Waals surface area contributed by atoms with Crippen LogP contribution in [0.3, 0.4) is 0 Å². The maximum Gasteiger partial charge on any atom is 0.147 e. The first-order valence-corrected chi connectivity index (χ1v) is 7.17. The SMILES string of the molecule is CC(Nc1ccc(Br)cc1F)C1CCCCC1. The second-order valence-corrected chi connectivity index (χ2v) is 5.87. The number of benzene rings is 1. The van der Waals surface area contributed by atoms with Gasteiger partial charge in [-0.25, -0.2) is 4.39 Å². The van der Waals surface area contributed by atoms with Crippen molar-refractivity contribution in [2.45, 2.75) is 45.1 Å². The molecule has 1 aliphatic carbocycles. The molecule has 0 aromatic heterocycles. The summed E-state index contributed by atoms with van der Waals surface area (Å²) >= 11 is 3.27. The zero-order chi connectivity index (χ0) is 12.3. The fourth-order valence-electron chi connectivity index (χ4n) is 2.60. The van der Waals surface area contributed by atoms with Gasteiger partial charge >= 0.3 is 0 Å². The number of halogens is 2. The van der Waals surface area contributed by atoms with Gasteiger partial charge in [-0.05, 0) is 43.9 Å². The van der Waals surface area contributed by atoms with Gasteiger partial charge in [0.05, 0.1) is 5.69 Å². The molecule has 0 spiro atoms. The van der Waals surface area contributed by atoms with Crippen LogP contribution in [0.15, 0.2) is 22.7 Å². The number of nitrogens with one attached hydrogen (secondary N) is 1. The number of rotatable bonds is 3. The lowest BCUT2D eigenvalue weighted by molar-refractivity contribution is 0.328. The summed E-state index contributed by atoms with van der Waals surface area (Å²) in [7, 11) is 0. The van der Waals surface area contributed by atoms with Crippen LogP contribution < -0.4 is 5.32 Å². The molecule has 1 N–H and O–H groups in total. The molecule has 0 saturated heterocycles. The van der Waals surface area contributed by atoms with E-state index in [1.165, 1.54) is 38.2 Å². The molecule has 1 unspecified atom stereocenters. The molecule has 1 nitrogen and oxygen atoms in total. The Morgan fingerprint density at radius 1 is 1.29 bits per heavy atom. The van der Waals surface area contributed by atoms with Crippen molar-refractivity contribution in [3.63, 3.8) is 0 Å². The van der Waals surface area contributed by atoms with Gasteiger partial charge in [-0.1, -0.05) is 35.2 Å². The number of hydrogen-bond acceptors (Lipinski definition) is 1. The van der Waals surface area contributed by atoms with Gasteiger partial charge in [-0.15, -0.1) is 0 Å². The highest BCUT2D eigenvalue weighted by Crippen LogP contribution is 2.29. The summed E-state index contributed by atoms with van der Waals surface area (Å²) in [6.07, 6.45) is 6.54. The van der Waals surface area contributed by atoms with Gasteiger partial charge in [-0.2, -0.15) is 0 Å². The van der Waals surface area contributed by atoms with Crippen LogP contribution in [0.5, 0.6) is 0 Å². The van der Waals surface area contributed by atoms with Gasteiger partial charge in [0.1, 0.15) is 5.82 Å². The smallest absolute Gasteiger partial charge is 0.147 e. The molecule has 0 aliphatic heterocycles. The molecule has 1 aliphatic rings. The van der Waals surface area contributed by atoms with Gasteiger partial charge in [0, 0.05) is 10.5 Å². The maximum absolute atomic E-state index is 13.7. The largest absolute Gasteiger partial charge is 0.380 e. The van der Waals surface area contributed by atoms with Crippen LogP contribution in [0.2, 0.25) is 0 Å². The van der Waals surface area contributed by atoms with Crippen molar-refractivity contribution in [1.82, 2.24) is 0 Å². The van der Waals surface area contributed by atoms with E-state index in [1.807, 2.05) is 6.07 Å². The molecule has 1 atom stereocenters. The molecule has 94 valence electrons. The van der Waals surface area contributed by atoms with Crippen LogP contribution in [0.25, 0.3) is 0 Å². The van der Waals surface area contributed by atoms with Crippen molar-refractivity contribution in [3.8, 4) is 0 Å². The van der Waals surface area contributed by atoms with Crippen molar-refractivity contribution in [2.24, 2.45) is 5.92 Å². The quantitative estimate of drug-likeness (QED) is 0.831. The molecule has 1 fully saturated rings. The summed E-state index contributed by atoms with van der Waals surface area (Å²) in [6.45, 7) is 2.16. The molecule has 2 rings (SSSR count). The van der Waals surface area contributed by atoms with Gasteiger partial charge in [0.25, 0.3) is 0 Å². The highest BCUT2D eigenvalue weighted by molar-refractivity contribution is 9.10. The topological polar surface area (TPSA) is 12.0 Å². The molecule has 1 aromatic rings. The van der Waals surface area contributed by atoms with E-state index in [9.17, 15) is 4.39 Å². The van der Waals surface area contributed by atoms with E-state index in [1.54, 1.807) is 6.07 Å². The van der Waals surface area contributed by atoms with Gasteiger partial charge in [-0.3, -0.25) is 0 Å². The first-order chi connectivity index (χ1) is 8.16. The third-order valence-corrected chi connectivity index (χ3v) is 4.16. The van der Waals surface area contributed by atoms with Crippen LogP contribution in [0.1, 0.15) is 39.0 Å². The van der Waals surface area contributed by atoms with E-state index < -0.39 is 0 Å². The monoisotopic (exact) mass is 299 g/mol. The standard InChI is InChI=1S/C14H19BrFN/c1-10(11-5-3-2-4-6-11)17-14-8-7-12(15)9-13(14)16/h7-11,17H,2-6H2,1H3. The van der Waals surface area contributed by atoms with E-state index in [2.05, 4.69) is 28.2 Å². The Labute approximate surface area is 111 Å². The zero-order valence-electron chi connectivity index (χ0n) is 10.2.